The van der Waals surface area contributed by atoms with Crippen molar-refractivity contribution >= 4 is 46.4 Å². The molecule has 2 amide bonds. The van der Waals surface area contributed by atoms with Crippen LogP contribution in [0.15, 0.2) is 18.2 Å². The van der Waals surface area contributed by atoms with Crippen LogP contribution in [0, 0.1) is 0 Å². The van der Waals surface area contributed by atoms with Crippen molar-refractivity contribution in [2.24, 2.45) is 0 Å². The fourth-order valence-corrected chi connectivity index (χ4v) is 2.97. The van der Waals surface area contributed by atoms with E-state index in [0.29, 0.717) is 35.8 Å². The summed E-state index contributed by atoms with van der Waals surface area (Å²) in [5.74, 6) is -0.372. The predicted molar refractivity (Wildman–Crippen MR) is 101 cm³/mol. The Hall–Kier alpha value is -1.90. The Bertz CT molecular complexity index is 671. The molecule has 1 heterocycles. The summed E-state index contributed by atoms with van der Waals surface area (Å²) in [7, 11) is 1.60. The van der Waals surface area contributed by atoms with E-state index in [1.54, 1.807) is 30.2 Å². The van der Waals surface area contributed by atoms with E-state index in [4.69, 9.17) is 28.6 Å². The number of hydrazine groups is 1. The Morgan fingerprint density at radius 3 is 2.84 bits per heavy atom. The highest BCUT2D eigenvalue weighted by molar-refractivity contribution is 7.80. The van der Waals surface area contributed by atoms with Gasteiger partial charge in [0, 0.05) is 31.7 Å². The van der Waals surface area contributed by atoms with Crippen molar-refractivity contribution in [1.29, 1.82) is 0 Å². The van der Waals surface area contributed by atoms with Gasteiger partial charge in [-0.3, -0.25) is 20.4 Å². The highest BCUT2D eigenvalue weighted by Gasteiger charge is 2.24. The minimum absolute atomic E-state index is 0.00483. The summed E-state index contributed by atoms with van der Waals surface area (Å²) in [6, 6.07) is 4.81. The zero-order valence-corrected chi connectivity index (χ0v) is 15.7. The van der Waals surface area contributed by atoms with Crippen LogP contribution in [-0.4, -0.2) is 43.2 Å². The number of benzene rings is 1. The molecule has 0 unspecified atom stereocenters. The van der Waals surface area contributed by atoms with E-state index >= 15 is 0 Å². The number of nitrogens with one attached hydrogen (secondary N) is 3. The molecule has 0 aromatic heterocycles. The molecule has 0 aliphatic carbocycles. The standard InChI is InChI=1S/C16H21ClN4O3S/c1-10(9-24-2)18-16(25)20-19-15(23)11-5-6-12(17)13(8-11)21-7-3-4-14(21)22/h5-6,8,10H,3-4,7,9H2,1-2H3,(H,19,23)(H2,18,20,25)/t10-/m1/s1. The molecule has 0 radical (unpaired) electrons. The van der Waals surface area contributed by atoms with Gasteiger partial charge in [0.25, 0.3) is 5.91 Å². The zero-order valence-electron chi connectivity index (χ0n) is 14.1. The van der Waals surface area contributed by atoms with Crippen molar-refractivity contribution in [1.82, 2.24) is 16.2 Å². The highest BCUT2D eigenvalue weighted by atomic mass is 35.5. The molecule has 25 heavy (non-hydrogen) atoms. The first-order valence-electron chi connectivity index (χ1n) is 7.88. The fraction of sp³-hybridized carbons (Fsp3) is 0.438. The van der Waals surface area contributed by atoms with E-state index in [1.807, 2.05) is 6.92 Å². The number of anilines is 1. The number of thiocarbonyl (C=S) groups is 1. The van der Waals surface area contributed by atoms with Crippen LogP contribution in [0.5, 0.6) is 0 Å². The SMILES string of the molecule is COC[C@@H](C)NC(=S)NNC(=O)c1ccc(Cl)c(N2CCCC2=O)c1. The summed E-state index contributed by atoms with van der Waals surface area (Å²) in [5, 5.41) is 3.68. The van der Waals surface area contributed by atoms with Crippen molar-refractivity contribution in [3.63, 3.8) is 0 Å². The molecule has 1 aliphatic rings. The van der Waals surface area contributed by atoms with Crippen molar-refractivity contribution in [3.05, 3.63) is 28.8 Å². The van der Waals surface area contributed by atoms with Crippen molar-refractivity contribution in [2.45, 2.75) is 25.8 Å². The van der Waals surface area contributed by atoms with Gasteiger partial charge in [0.2, 0.25) is 5.91 Å². The van der Waals surface area contributed by atoms with Gasteiger partial charge in [-0.2, -0.15) is 0 Å². The smallest absolute Gasteiger partial charge is 0.269 e. The number of hydrogen-bond acceptors (Lipinski definition) is 4. The van der Waals surface area contributed by atoms with Crippen LogP contribution >= 0.6 is 23.8 Å². The van der Waals surface area contributed by atoms with E-state index in [9.17, 15) is 9.59 Å². The average molecular weight is 385 g/mol. The Kier molecular flexibility index (Phi) is 6.98. The van der Waals surface area contributed by atoms with Gasteiger partial charge in [0.05, 0.1) is 17.3 Å². The van der Waals surface area contributed by atoms with Gasteiger partial charge in [-0.05, 0) is 43.8 Å². The molecule has 0 bridgehead atoms. The molecule has 0 spiro atoms. The molecule has 1 fully saturated rings. The molecular weight excluding hydrogens is 364 g/mol. The van der Waals surface area contributed by atoms with E-state index in [-0.39, 0.29) is 23.0 Å². The summed E-state index contributed by atoms with van der Waals surface area (Å²) in [5.41, 5.74) is 6.07. The lowest BCUT2D eigenvalue weighted by Crippen LogP contribution is -2.49. The monoisotopic (exact) mass is 384 g/mol. The minimum atomic E-state index is -0.381. The van der Waals surface area contributed by atoms with Gasteiger partial charge in [0.1, 0.15) is 0 Å². The quantitative estimate of drug-likeness (QED) is 0.528. The Morgan fingerprint density at radius 2 is 2.20 bits per heavy atom. The number of carbonyl (C=O) groups is 2. The molecule has 136 valence electrons. The van der Waals surface area contributed by atoms with Gasteiger partial charge in [0.15, 0.2) is 5.11 Å². The molecule has 7 nitrogen and oxygen atoms in total. The van der Waals surface area contributed by atoms with Crippen LogP contribution in [0.2, 0.25) is 5.02 Å². The largest absolute Gasteiger partial charge is 0.383 e. The van der Waals surface area contributed by atoms with Gasteiger partial charge >= 0.3 is 0 Å². The first-order chi connectivity index (χ1) is 11.9. The van der Waals surface area contributed by atoms with Gasteiger partial charge in [-0.15, -0.1) is 0 Å². The number of rotatable bonds is 5. The number of amides is 2. The lowest BCUT2D eigenvalue weighted by molar-refractivity contribution is -0.117. The van der Waals surface area contributed by atoms with Crippen LogP contribution in [0.4, 0.5) is 5.69 Å². The van der Waals surface area contributed by atoms with E-state index in [2.05, 4.69) is 16.2 Å². The van der Waals surface area contributed by atoms with Crippen LogP contribution in [-0.2, 0) is 9.53 Å². The maximum absolute atomic E-state index is 12.3. The topological polar surface area (TPSA) is 82.7 Å². The fourth-order valence-electron chi connectivity index (χ4n) is 2.50. The molecule has 1 atom stereocenters. The lowest BCUT2D eigenvalue weighted by atomic mass is 10.2. The Morgan fingerprint density at radius 1 is 1.44 bits per heavy atom. The number of nitrogens with zero attached hydrogens (tertiary/aromatic N) is 1. The second-order valence-electron chi connectivity index (χ2n) is 5.72. The van der Waals surface area contributed by atoms with Crippen LogP contribution in [0.25, 0.3) is 0 Å². The number of halogens is 1. The maximum Gasteiger partial charge on any atom is 0.269 e. The predicted octanol–water partition coefficient (Wildman–Crippen LogP) is 1.61. The average Bonchev–Trinajstić information content (AvgIpc) is 2.99. The highest BCUT2D eigenvalue weighted by Crippen LogP contribution is 2.30. The van der Waals surface area contributed by atoms with Crippen LogP contribution in [0.1, 0.15) is 30.1 Å². The Labute approximate surface area is 157 Å². The Balaban J connectivity index is 1.98. The molecule has 9 heteroatoms. The molecule has 3 N–H and O–H groups in total. The summed E-state index contributed by atoms with van der Waals surface area (Å²) in [6.07, 6.45) is 1.28. The van der Waals surface area contributed by atoms with E-state index < -0.39 is 0 Å². The van der Waals surface area contributed by atoms with Crippen molar-refractivity contribution in [3.8, 4) is 0 Å². The van der Waals surface area contributed by atoms with Crippen LogP contribution < -0.4 is 21.1 Å². The van der Waals surface area contributed by atoms with Gasteiger partial charge in [-0.25, -0.2) is 0 Å². The molecule has 1 saturated heterocycles. The second-order valence-corrected chi connectivity index (χ2v) is 6.54. The van der Waals surface area contributed by atoms with Gasteiger partial charge < -0.3 is 15.0 Å². The van der Waals surface area contributed by atoms with Crippen molar-refractivity contribution in [2.75, 3.05) is 25.2 Å². The third-order valence-electron chi connectivity index (χ3n) is 3.66. The third-order valence-corrected chi connectivity index (χ3v) is 4.20. The van der Waals surface area contributed by atoms with Gasteiger partial charge in [-0.1, -0.05) is 11.6 Å². The summed E-state index contributed by atoms with van der Waals surface area (Å²) < 4.78 is 5.00. The molecule has 1 aromatic rings. The summed E-state index contributed by atoms with van der Waals surface area (Å²) >= 11 is 11.3. The first-order valence-corrected chi connectivity index (χ1v) is 8.66. The third kappa shape index (κ3) is 5.29. The lowest BCUT2D eigenvalue weighted by Gasteiger charge is -2.19. The normalized spacial score (nSPS) is 15.0. The van der Waals surface area contributed by atoms with E-state index in [1.165, 1.54) is 0 Å². The van der Waals surface area contributed by atoms with Crippen molar-refractivity contribution < 1.29 is 14.3 Å². The number of ether oxygens (including phenoxy) is 1. The summed E-state index contributed by atoms with van der Waals surface area (Å²) in [6.45, 7) is 2.99. The first kappa shape index (κ1) is 19.4. The van der Waals surface area contributed by atoms with Crippen LogP contribution in [0.3, 0.4) is 0 Å². The number of methoxy groups -OCH3 is 1. The zero-order chi connectivity index (χ0) is 18.4. The minimum Gasteiger partial charge on any atom is -0.383 e. The number of carbonyl (C=O) groups excluding carboxylic acids is 2. The molecule has 1 aliphatic heterocycles. The second kappa shape index (κ2) is 8.98. The summed E-state index contributed by atoms with van der Waals surface area (Å²) in [4.78, 5) is 25.8. The number of hydrogen-bond donors (Lipinski definition) is 3. The molecule has 2 rings (SSSR count). The molecule has 1 aromatic carbocycles. The molecule has 0 saturated carbocycles. The van der Waals surface area contributed by atoms with E-state index in [0.717, 1.165) is 6.42 Å². The molecular formula is C16H21ClN4O3S. The maximum atomic E-state index is 12.3.